The highest BCUT2D eigenvalue weighted by Crippen LogP contribution is 2.17. The molecule has 0 atom stereocenters. The molecule has 0 fully saturated rings. The summed E-state index contributed by atoms with van der Waals surface area (Å²) in [5, 5.41) is 3.97. The van der Waals surface area contributed by atoms with Crippen molar-refractivity contribution in [2.24, 2.45) is 0 Å². The van der Waals surface area contributed by atoms with Gasteiger partial charge in [0.2, 0.25) is 11.7 Å². The minimum absolute atomic E-state index is 0.278. The fourth-order valence-electron chi connectivity index (χ4n) is 2.55. The number of aryl methyl sites for hydroxylation is 2. The van der Waals surface area contributed by atoms with Gasteiger partial charge in [0.25, 0.3) is 0 Å². The average molecular weight is 339 g/mol. The topological polar surface area (TPSA) is 77.2 Å². The maximum absolute atomic E-state index is 5.75. The number of hydrogen-bond donors (Lipinski definition) is 0. The van der Waals surface area contributed by atoms with Crippen molar-refractivity contribution in [1.29, 1.82) is 0 Å². The zero-order valence-corrected chi connectivity index (χ0v) is 14.6. The molecule has 1 aromatic carbocycles. The standard InChI is InChI=1S/C18H21N5O2/c1-13-6-14(2)8-16(7-13)24-12-17-21-18(25-22-17)11-23(3)10-15-9-19-4-5-20-15/h4-9H,10-12H2,1-3H3. The Balaban J connectivity index is 1.53. The van der Waals surface area contributed by atoms with E-state index in [1.54, 1.807) is 18.6 Å². The quantitative estimate of drug-likeness (QED) is 0.655. The van der Waals surface area contributed by atoms with E-state index in [0.717, 1.165) is 22.6 Å². The van der Waals surface area contributed by atoms with Crippen LogP contribution in [0.5, 0.6) is 5.75 Å². The van der Waals surface area contributed by atoms with Crippen molar-refractivity contribution < 1.29 is 9.26 Å². The molecule has 0 saturated heterocycles. The zero-order valence-electron chi connectivity index (χ0n) is 14.6. The molecule has 0 spiro atoms. The first-order chi connectivity index (χ1) is 12.1. The van der Waals surface area contributed by atoms with E-state index < -0.39 is 0 Å². The molecule has 2 heterocycles. The third kappa shape index (κ3) is 5.09. The monoisotopic (exact) mass is 339 g/mol. The van der Waals surface area contributed by atoms with Crippen LogP contribution in [0.25, 0.3) is 0 Å². The summed E-state index contributed by atoms with van der Waals surface area (Å²) in [4.78, 5) is 14.7. The van der Waals surface area contributed by atoms with Gasteiger partial charge in [-0.25, -0.2) is 0 Å². The lowest BCUT2D eigenvalue weighted by atomic mass is 10.1. The number of benzene rings is 1. The van der Waals surface area contributed by atoms with Gasteiger partial charge in [0.15, 0.2) is 6.61 Å². The highest BCUT2D eigenvalue weighted by atomic mass is 16.5. The Morgan fingerprint density at radius 1 is 1.08 bits per heavy atom. The lowest BCUT2D eigenvalue weighted by Crippen LogP contribution is -2.18. The molecule has 0 aliphatic rings. The molecule has 0 bridgehead atoms. The molecule has 3 rings (SSSR count). The Labute approximate surface area is 146 Å². The second kappa shape index (κ2) is 7.85. The minimum Gasteiger partial charge on any atom is -0.485 e. The highest BCUT2D eigenvalue weighted by molar-refractivity contribution is 5.33. The summed E-state index contributed by atoms with van der Waals surface area (Å²) in [6, 6.07) is 6.08. The Morgan fingerprint density at radius 2 is 1.88 bits per heavy atom. The van der Waals surface area contributed by atoms with Crippen LogP contribution in [0.1, 0.15) is 28.5 Å². The van der Waals surface area contributed by atoms with Gasteiger partial charge in [0, 0.05) is 25.1 Å². The number of rotatable bonds is 7. The molecule has 0 radical (unpaired) electrons. The second-order valence-corrected chi connectivity index (χ2v) is 6.09. The summed E-state index contributed by atoms with van der Waals surface area (Å²) >= 11 is 0. The van der Waals surface area contributed by atoms with Gasteiger partial charge in [-0.2, -0.15) is 4.98 Å². The lowest BCUT2D eigenvalue weighted by Gasteiger charge is -2.12. The van der Waals surface area contributed by atoms with Crippen molar-refractivity contribution in [2.75, 3.05) is 7.05 Å². The van der Waals surface area contributed by atoms with Crippen LogP contribution in [0.3, 0.4) is 0 Å². The molecule has 2 aromatic heterocycles. The van der Waals surface area contributed by atoms with Gasteiger partial charge in [-0.1, -0.05) is 11.2 Å². The first kappa shape index (κ1) is 17.0. The molecule has 130 valence electrons. The van der Waals surface area contributed by atoms with E-state index in [1.165, 1.54) is 0 Å². The van der Waals surface area contributed by atoms with Crippen LogP contribution in [0.2, 0.25) is 0 Å². The van der Waals surface area contributed by atoms with E-state index in [0.29, 0.717) is 24.8 Å². The van der Waals surface area contributed by atoms with E-state index in [2.05, 4.69) is 26.2 Å². The van der Waals surface area contributed by atoms with Gasteiger partial charge in [-0.05, 0) is 44.2 Å². The zero-order chi connectivity index (χ0) is 17.6. The molecule has 3 aromatic rings. The van der Waals surface area contributed by atoms with Crippen molar-refractivity contribution in [1.82, 2.24) is 25.0 Å². The SMILES string of the molecule is Cc1cc(C)cc(OCc2noc(CN(C)Cc3cnccn3)n2)c1. The van der Waals surface area contributed by atoms with Gasteiger partial charge in [-0.15, -0.1) is 0 Å². The molecule has 7 heteroatoms. The van der Waals surface area contributed by atoms with E-state index in [-0.39, 0.29) is 6.61 Å². The van der Waals surface area contributed by atoms with E-state index in [4.69, 9.17) is 9.26 Å². The molecule has 0 amide bonds. The van der Waals surface area contributed by atoms with E-state index in [1.807, 2.05) is 37.9 Å². The fraction of sp³-hybridized carbons (Fsp3) is 0.333. The van der Waals surface area contributed by atoms with Crippen LogP contribution in [0.4, 0.5) is 0 Å². The molecule has 0 N–H and O–H groups in total. The molecule has 25 heavy (non-hydrogen) atoms. The van der Waals surface area contributed by atoms with Crippen LogP contribution >= 0.6 is 0 Å². The van der Waals surface area contributed by atoms with Gasteiger partial charge >= 0.3 is 0 Å². The first-order valence-corrected chi connectivity index (χ1v) is 8.04. The Hall–Kier alpha value is -2.80. The average Bonchev–Trinajstić information content (AvgIpc) is 3.00. The van der Waals surface area contributed by atoms with Crippen LogP contribution in [0, 0.1) is 13.8 Å². The van der Waals surface area contributed by atoms with Gasteiger partial charge in [0.05, 0.1) is 12.2 Å². The summed E-state index contributed by atoms with van der Waals surface area (Å²) in [5.41, 5.74) is 3.21. The smallest absolute Gasteiger partial charge is 0.240 e. The summed E-state index contributed by atoms with van der Waals surface area (Å²) in [5.74, 6) is 1.89. The van der Waals surface area contributed by atoms with Crippen LogP contribution in [0.15, 0.2) is 41.3 Å². The third-order valence-corrected chi connectivity index (χ3v) is 3.53. The molecular formula is C18H21N5O2. The molecule has 0 saturated carbocycles. The fourth-order valence-corrected chi connectivity index (χ4v) is 2.55. The summed E-state index contributed by atoms with van der Waals surface area (Å²) < 4.78 is 11.0. The molecule has 0 unspecified atom stereocenters. The maximum Gasteiger partial charge on any atom is 0.240 e. The molecule has 0 aliphatic heterocycles. The highest BCUT2D eigenvalue weighted by Gasteiger charge is 2.11. The number of aromatic nitrogens is 4. The third-order valence-electron chi connectivity index (χ3n) is 3.53. The van der Waals surface area contributed by atoms with E-state index in [9.17, 15) is 0 Å². The Bertz CT molecular complexity index is 799. The minimum atomic E-state index is 0.278. The summed E-state index contributed by atoms with van der Waals surface area (Å²) in [6.45, 7) is 5.55. The molecule has 7 nitrogen and oxygen atoms in total. The van der Waals surface area contributed by atoms with Gasteiger partial charge in [0.1, 0.15) is 5.75 Å². The summed E-state index contributed by atoms with van der Waals surface area (Å²) in [7, 11) is 1.96. The largest absolute Gasteiger partial charge is 0.485 e. The van der Waals surface area contributed by atoms with Crippen LogP contribution < -0.4 is 4.74 Å². The number of nitrogens with zero attached hydrogens (tertiary/aromatic N) is 5. The first-order valence-electron chi connectivity index (χ1n) is 8.04. The van der Waals surface area contributed by atoms with E-state index >= 15 is 0 Å². The molecule has 0 aliphatic carbocycles. The number of hydrogen-bond acceptors (Lipinski definition) is 7. The van der Waals surface area contributed by atoms with Crippen molar-refractivity contribution in [3.05, 3.63) is 65.3 Å². The predicted octanol–water partition coefficient (Wildman–Crippen LogP) is 2.69. The van der Waals surface area contributed by atoms with Gasteiger partial charge < -0.3 is 9.26 Å². The van der Waals surface area contributed by atoms with Gasteiger partial charge in [-0.3, -0.25) is 14.9 Å². The van der Waals surface area contributed by atoms with Crippen molar-refractivity contribution in [2.45, 2.75) is 33.5 Å². The van der Waals surface area contributed by atoms with Crippen molar-refractivity contribution >= 4 is 0 Å². The Morgan fingerprint density at radius 3 is 2.60 bits per heavy atom. The predicted molar refractivity (Wildman–Crippen MR) is 91.7 cm³/mol. The second-order valence-electron chi connectivity index (χ2n) is 6.09. The maximum atomic E-state index is 5.75. The van der Waals surface area contributed by atoms with Crippen LogP contribution in [-0.4, -0.2) is 32.1 Å². The van der Waals surface area contributed by atoms with Crippen molar-refractivity contribution in [3.8, 4) is 5.75 Å². The molecular weight excluding hydrogens is 318 g/mol. The van der Waals surface area contributed by atoms with Crippen LogP contribution in [-0.2, 0) is 19.7 Å². The Kier molecular flexibility index (Phi) is 5.35. The summed E-state index contributed by atoms with van der Waals surface area (Å²) in [6.07, 6.45) is 5.08. The lowest BCUT2D eigenvalue weighted by molar-refractivity contribution is 0.254. The number of ether oxygens (including phenoxy) is 1. The normalized spacial score (nSPS) is 11.0. The van der Waals surface area contributed by atoms with Crippen molar-refractivity contribution in [3.63, 3.8) is 0 Å².